The minimum atomic E-state index is -1.86. The fraction of sp³-hybridized carbons (Fsp3) is 0.591. The molecule has 1 saturated heterocycles. The lowest BCUT2D eigenvalue weighted by atomic mass is 10.0. The maximum absolute atomic E-state index is 15.6. The molecule has 0 radical (unpaired) electrons. The van der Waals surface area contributed by atoms with Crippen molar-refractivity contribution in [1.29, 1.82) is 32.5 Å². The molecule has 0 saturated carbocycles. The first kappa shape index (κ1) is 125. The molecule has 1 aliphatic heterocycles. The van der Waals surface area contributed by atoms with Crippen LogP contribution in [0.15, 0.2) is 54.6 Å². The molecule has 812 valence electrons. The Morgan fingerprint density at radius 3 is 1.23 bits per heavy atom. The van der Waals surface area contributed by atoms with Crippen LogP contribution in [-0.2, 0) is 99.1 Å². The van der Waals surface area contributed by atoms with E-state index in [4.69, 9.17) is 78.3 Å². The second-order valence-electron chi connectivity index (χ2n) is 35.5. The first-order valence-electron chi connectivity index (χ1n) is 47.5. The Kier molecular flexibility index (Phi) is 57.2. The highest BCUT2D eigenvalue weighted by Crippen LogP contribution is 2.25. The highest BCUT2D eigenvalue weighted by atomic mass is 33.1. The first-order chi connectivity index (χ1) is 68.8. The number of nitrogens with two attached hydrogens (primary N) is 8. The van der Waals surface area contributed by atoms with Crippen molar-refractivity contribution in [3.05, 3.63) is 65.7 Å². The van der Waals surface area contributed by atoms with Gasteiger partial charge in [0.15, 0.2) is 35.8 Å². The summed E-state index contributed by atoms with van der Waals surface area (Å²) in [7, 11) is 1.52. The van der Waals surface area contributed by atoms with Crippen molar-refractivity contribution >= 4 is 164 Å². The SMILES string of the molecule is CC(C)C[C@H](NC(=O)[C@H](CCCNC(=N)N)NC(=O)CNC(=O)CNC(=O)[C@@H](N)CCCNC(=N)N)C(=O)N[C@H]1CSSC[C@@H](C(=O)N[C@H](C(=O)NCC(=O)N[C@@H](CCCNC(=N)N)C(N)=O)C(C)C)NC(=O)[C@H](C(C)C)NC(=O)[C@H](C)NC(=O)[C@H](Cc2ccccc2)NC(=O)[C@H](CCCNC(=N)N)NC(=O)[C@H](CCCNC(=N)N)NC(=O)[C@H](CCCNC(=N)N)NC(=O)[C@H](C)NC(=O)[C@H](Cc2ccc(O)cc2)NC1=O. The zero-order chi connectivity index (χ0) is 109. The summed E-state index contributed by atoms with van der Waals surface area (Å²) in [5.41, 5.74) is 45.3. The average molecular weight is 2090 g/mol. The van der Waals surface area contributed by atoms with Crippen molar-refractivity contribution in [3.8, 4) is 5.75 Å². The summed E-state index contributed by atoms with van der Waals surface area (Å²) < 4.78 is 0. The van der Waals surface area contributed by atoms with Crippen molar-refractivity contribution in [2.24, 2.45) is 63.6 Å². The van der Waals surface area contributed by atoms with Gasteiger partial charge in [-0.05, 0) is 138 Å². The van der Waals surface area contributed by atoms with Crippen molar-refractivity contribution in [2.75, 3.05) is 70.4 Å². The van der Waals surface area contributed by atoms with E-state index in [-0.39, 0.29) is 146 Å². The van der Waals surface area contributed by atoms with E-state index in [0.717, 1.165) is 21.6 Å². The molecular formula is C88H149N37O19S2. The Balaban J connectivity index is 2.46. The molecule has 58 heteroatoms. The van der Waals surface area contributed by atoms with E-state index in [0.29, 0.717) is 12.0 Å². The normalized spacial score (nSPS) is 19.7. The number of amides is 18. The van der Waals surface area contributed by atoms with E-state index in [2.05, 4.69) is 122 Å². The van der Waals surface area contributed by atoms with Crippen LogP contribution in [0.25, 0.3) is 0 Å². The summed E-state index contributed by atoms with van der Waals surface area (Å²) in [5, 5.41) is 115. The van der Waals surface area contributed by atoms with Crippen LogP contribution < -0.4 is 168 Å². The fourth-order valence-electron chi connectivity index (χ4n) is 14.0. The Morgan fingerprint density at radius 1 is 0.390 bits per heavy atom. The van der Waals surface area contributed by atoms with Gasteiger partial charge in [-0.3, -0.25) is 119 Å². The Labute approximate surface area is 853 Å². The van der Waals surface area contributed by atoms with E-state index in [1.807, 2.05) is 0 Å². The molecule has 15 atom stereocenters. The number of hydrogen-bond donors (Lipinski definition) is 38. The molecular weight excluding hydrogens is 1940 g/mol. The molecule has 3 rings (SSSR count). The number of phenols is 1. The van der Waals surface area contributed by atoms with Gasteiger partial charge in [-0.2, -0.15) is 0 Å². The third-order valence-corrected chi connectivity index (χ3v) is 24.3. The lowest BCUT2D eigenvalue weighted by molar-refractivity contribution is -0.136. The zero-order valence-electron chi connectivity index (χ0n) is 83.2. The van der Waals surface area contributed by atoms with Crippen LogP contribution in [0, 0.1) is 50.2 Å². The largest absolute Gasteiger partial charge is 0.508 e. The van der Waals surface area contributed by atoms with Gasteiger partial charge in [0.1, 0.15) is 90.3 Å². The van der Waals surface area contributed by atoms with Crippen LogP contribution in [0.5, 0.6) is 5.75 Å². The maximum atomic E-state index is 15.6. The third-order valence-electron chi connectivity index (χ3n) is 21.9. The van der Waals surface area contributed by atoms with Crippen molar-refractivity contribution in [1.82, 2.24) is 122 Å². The minimum absolute atomic E-state index is 0.00732. The molecule has 0 bridgehead atoms. The molecule has 0 spiro atoms. The molecule has 0 unspecified atom stereocenters. The standard InChI is InChI=1S/C88H149N37O19S2/c1-44(2)36-58(119-72(134)54(22-14-32-105-85(95)96)115-64(128)40-109-63(127)39-110-71(133)52(89)20-12-30-103-83(91)92)78(140)122-61-42-145-146-43-62(80(142)125-66(45(3)4)81(143)111-41-65(129)114-53(68(90)130)21-13-31-104-84(93)94)123-82(144)67(46(5)6)124-70(132)48(8)113-76(138)59(37-49-18-10-9-11-19-49)120-75(137)57(25-17-35-108-88(101)102)118-74(136)56(24-16-34-107-87(99)100)117-73(135)55(23-15-33-106-86(97)98)116-69(131)47(7)112-77(139)60(121-79(61)141)38-50-26-28-51(126)29-27-50/h9-11,18-19,26-29,44-48,52-62,66-67,126H,12-17,20-25,30-43,89H2,1-8H3,(H2,90,130)(H,109,127)(H,110,133)(H,111,143)(H,112,139)(H,113,138)(H,114,129)(H,115,128)(H,116,131)(H,117,135)(H,118,136)(H,119,134)(H,120,137)(H,121,141)(H,122,140)(H,123,144)(H,124,132)(H,125,142)(H4,91,92,103)(H4,93,94,104)(H4,95,96,105)(H4,97,98,106)(H4,99,100,107)(H4,101,102,108)/t47-,48-,52-,53-,54-,55-,56-,57-,58-,59-,60-,61-,62-,66-,67-/m0/s1. The van der Waals surface area contributed by atoms with Crippen LogP contribution in [0.3, 0.4) is 0 Å². The van der Waals surface area contributed by atoms with Crippen molar-refractivity contribution < 1.29 is 91.4 Å². The first-order valence-corrected chi connectivity index (χ1v) is 50.0. The predicted octanol–water partition coefficient (Wildman–Crippen LogP) is -10.5. The number of primary amides is 1. The third kappa shape index (κ3) is 51.3. The zero-order valence-corrected chi connectivity index (χ0v) is 84.8. The molecule has 56 nitrogen and oxygen atoms in total. The highest BCUT2D eigenvalue weighted by molar-refractivity contribution is 8.76. The van der Waals surface area contributed by atoms with Gasteiger partial charge in [0.05, 0.1) is 25.7 Å². The summed E-state index contributed by atoms with van der Waals surface area (Å²) in [6.45, 7) is 9.87. The summed E-state index contributed by atoms with van der Waals surface area (Å²) >= 11 is 0. The lowest BCUT2D eigenvalue weighted by Crippen LogP contribution is -2.61. The highest BCUT2D eigenvalue weighted by Gasteiger charge is 2.40. The van der Waals surface area contributed by atoms with E-state index in [1.165, 1.54) is 65.8 Å². The number of hydrogen-bond acceptors (Lipinski definition) is 28. The van der Waals surface area contributed by atoms with Crippen LogP contribution in [0.1, 0.15) is 150 Å². The number of carbonyl (C=O) groups excluding carboxylic acids is 18. The Hall–Kier alpha value is -15.0. The van der Waals surface area contributed by atoms with Gasteiger partial charge in [0.25, 0.3) is 0 Å². The summed E-state index contributed by atoms with van der Waals surface area (Å²) in [6, 6.07) is -10.1. The number of rotatable bonds is 49. The average Bonchev–Trinajstić information content (AvgIpc) is 0.849. The van der Waals surface area contributed by atoms with Crippen LogP contribution >= 0.6 is 21.6 Å². The number of nitrogens with one attached hydrogen (secondary N) is 29. The van der Waals surface area contributed by atoms with Crippen LogP contribution in [0.2, 0.25) is 0 Å². The van der Waals surface area contributed by atoms with E-state index >= 15 is 33.6 Å². The Bertz CT molecular complexity index is 4780. The van der Waals surface area contributed by atoms with Gasteiger partial charge in [0.2, 0.25) is 106 Å². The second-order valence-corrected chi connectivity index (χ2v) is 38.1. The Morgan fingerprint density at radius 2 is 0.781 bits per heavy atom. The fourth-order valence-corrected chi connectivity index (χ4v) is 16.3. The number of guanidine groups is 6. The molecule has 146 heavy (non-hydrogen) atoms. The summed E-state index contributed by atoms with van der Waals surface area (Å²) in [5.74, 6) is -23.9. The monoisotopic (exact) mass is 2090 g/mol. The predicted molar refractivity (Wildman–Crippen MR) is 545 cm³/mol. The molecule has 2 aromatic carbocycles. The molecule has 18 amide bonds. The van der Waals surface area contributed by atoms with Crippen LogP contribution in [0.4, 0.5) is 0 Å². The number of benzene rings is 2. The van der Waals surface area contributed by atoms with E-state index in [1.54, 1.807) is 44.2 Å². The van der Waals surface area contributed by atoms with Gasteiger partial charge >= 0.3 is 0 Å². The molecule has 1 aliphatic rings. The number of aromatic hydroxyl groups is 1. The van der Waals surface area contributed by atoms with E-state index in [9.17, 15) is 57.8 Å². The van der Waals surface area contributed by atoms with Gasteiger partial charge < -0.3 is 173 Å². The minimum Gasteiger partial charge on any atom is -0.508 e. The number of carbonyl (C=O) groups is 18. The molecule has 1 fully saturated rings. The second kappa shape index (κ2) is 66.8. The lowest BCUT2D eigenvalue weighted by Gasteiger charge is -2.29. The summed E-state index contributed by atoms with van der Waals surface area (Å²) in [4.78, 5) is 260. The van der Waals surface area contributed by atoms with Crippen molar-refractivity contribution in [3.63, 3.8) is 0 Å². The smallest absolute Gasteiger partial charge is 0.244 e. The summed E-state index contributed by atoms with van der Waals surface area (Å²) in [6.07, 6.45) is -1.25. The van der Waals surface area contributed by atoms with Crippen molar-refractivity contribution in [2.45, 2.75) is 242 Å². The molecule has 0 aromatic heterocycles. The molecule has 0 aliphatic carbocycles. The molecule has 46 N–H and O–H groups in total. The topological polar surface area (TPSA) is 955 Å². The number of phenolic OH excluding ortho intramolecular Hbond substituents is 1. The van der Waals surface area contributed by atoms with Gasteiger partial charge in [-0.15, -0.1) is 0 Å². The van der Waals surface area contributed by atoms with Gasteiger partial charge in [-0.1, -0.05) is 106 Å². The molecule has 2 aromatic rings. The van der Waals surface area contributed by atoms with E-state index < -0.39 is 276 Å². The maximum Gasteiger partial charge on any atom is 0.244 e. The van der Waals surface area contributed by atoms with Gasteiger partial charge in [-0.25, -0.2) is 0 Å². The van der Waals surface area contributed by atoms with Crippen LogP contribution in [-0.4, -0.2) is 308 Å². The molecule has 1 heterocycles. The quantitative estimate of drug-likeness (QED) is 0.0127. The van der Waals surface area contributed by atoms with Gasteiger partial charge in [0, 0.05) is 63.6 Å².